The van der Waals surface area contributed by atoms with Crippen LogP contribution in [0.3, 0.4) is 0 Å². The molecule has 2 aromatic rings. The molecule has 1 saturated heterocycles. The molecule has 4 nitrogen and oxygen atoms in total. The third kappa shape index (κ3) is 3.28. The molecule has 2 aromatic carbocycles. The van der Waals surface area contributed by atoms with Crippen molar-refractivity contribution in [3.8, 4) is 0 Å². The number of halogens is 1. The highest BCUT2D eigenvalue weighted by Gasteiger charge is 2.37. The van der Waals surface area contributed by atoms with E-state index in [0.717, 1.165) is 44.2 Å². The molecule has 0 saturated carbocycles. The monoisotopic (exact) mass is 379 g/mol. The summed E-state index contributed by atoms with van der Waals surface area (Å²) >= 11 is 0. The summed E-state index contributed by atoms with van der Waals surface area (Å²) in [4.78, 5) is 7.07. The summed E-state index contributed by atoms with van der Waals surface area (Å²) in [5.41, 5.74) is 3.68. The van der Waals surface area contributed by atoms with Crippen molar-refractivity contribution < 1.29 is 9.13 Å². The highest BCUT2D eigenvalue weighted by Crippen LogP contribution is 2.37. The van der Waals surface area contributed by atoms with Gasteiger partial charge in [-0.1, -0.05) is 36.4 Å². The predicted octanol–water partition coefficient (Wildman–Crippen LogP) is 3.53. The van der Waals surface area contributed by atoms with E-state index < -0.39 is 0 Å². The van der Waals surface area contributed by atoms with E-state index in [9.17, 15) is 4.39 Å². The van der Waals surface area contributed by atoms with Gasteiger partial charge in [-0.15, -0.1) is 0 Å². The molecule has 5 heteroatoms. The number of piperidine rings is 1. The number of hydrogen-bond acceptors (Lipinski definition) is 4. The van der Waals surface area contributed by atoms with Gasteiger partial charge in [0.25, 0.3) is 6.02 Å². The summed E-state index contributed by atoms with van der Waals surface area (Å²) in [6.07, 6.45) is 3.53. The molecule has 3 heterocycles. The van der Waals surface area contributed by atoms with Gasteiger partial charge in [-0.25, -0.2) is 9.38 Å². The van der Waals surface area contributed by atoms with Gasteiger partial charge in [-0.05, 0) is 54.6 Å². The summed E-state index contributed by atoms with van der Waals surface area (Å²) in [5.74, 6) is 0.315. The standard InChI is InChI=1S/C23H26FN3O/c24-19-9-7-17(8-10-19)22-20-6-2-1-4-16(20)11-13-27(22)23-26-15-21(28-23)18-5-3-12-25-14-18/h1-2,4,6-10,18,21-22,25H,3,5,11-15H2/t18?,21?,22-/m0/s1. The molecule has 2 unspecified atom stereocenters. The average Bonchev–Trinajstić information content (AvgIpc) is 3.24. The third-order valence-corrected chi connectivity index (χ3v) is 6.24. The molecule has 3 aliphatic heterocycles. The fourth-order valence-electron chi connectivity index (χ4n) is 4.76. The van der Waals surface area contributed by atoms with Crippen LogP contribution in [0.1, 0.15) is 35.6 Å². The van der Waals surface area contributed by atoms with Crippen molar-refractivity contribution in [3.63, 3.8) is 0 Å². The van der Waals surface area contributed by atoms with Crippen molar-refractivity contribution in [1.29, 1.82) is 0 Å². The first kappa shape index (κ1) is 17.7. The molecule has 0 aromatic heterocycles. The van der Waals surface area contributed by atoms with Crippen LogP contribution < -0.4 is 5.32 Å². The van der Waals surface area contributed by atoms with Crippen LogP contribution in [-0.4, -0.2) is 43.2 Å². The molecule has 0 spiro atoms. The zero-order valence-electron chi connectivity index (χ0n) is 16.0. The van der Waals surface area contributed by atoms with Crippen LogP contribution in [0.15, 0.2) is 53.5 Å². The van der Waals surface area contributed by atoms with Crippen LogP contribution in [0, 0.1) is 11.7 Å². The van der Waals surface area contributed by atoms with Gasteiger partial charge in [0.05, 0.1) is 12.6 Å². The lowest BCUT2D eigenvalue weighted by molar-refractivity contribution is 0.104. The Morgan fingerprint density at radius 2 is 1.96 bits per heavy atom. The number of nitrogens with one attached hydrogen (secondary N) is 1. The number of hydrogen-bond donors (Lipinski definition) is 1. The summed E-state index contributed by atoms with van der Waals surface area (Å²) in [5, 5.41) is 3.48. The Morgan fingerprint density at radius 3 is 2.79 bits per heavy atom. The fraction of sp³-hybridized carbons (Fsp3) is 0.435. The van der Waals surface area contributed by atoms with Crippen LogP contribution in [0.2, 0.25) is 0 Å². The number of aliphatic imine (C=N–C) groups is 1. The van der Waals surface area contributed by atoms with Gasteiger partial charge >= 0.3 is 0 Å². The van der Waals surface area contributed by atoms with E-state index in [0.29, 0.717) is 5.92 Å². The predicted molar refractivity (Wildman–Crippen MR) is 108 cm³/mol. The molecule has 1 fully saturated rings. The SMILES string of the molecule is Fc1ccc([C@H]2c3ccccc3CCN2C2=NCC(C3CCCNC3)O2)cc1. The molecule has 3 aliphatic rings. The van der Waals surface area contributed by atoms with E-state index in [4.69, 9.17) is 9.73 Å². The Morgan fingerprint density at radius 1 is 1.11 bits per heavy atom. The highest BCUT2D eigenvalue weighted by molar-refractivity contribution is 5.77. The Balaban J connectivity index is 1.44. The summed E-state index contributed by atoms with van der Waals surface area (Å²) < 4.78 is 19.9. The van der Waals surface area contributed by atoms with E-state index in [1.807, 2.05) is 12.1 Å². The number of ether oxygens (including phenoxy) is 1. The van der Waals surface area contributed by atoms with Crippen LogP contribution in [0.25, 0.3) is 0 Å². The first-order valence-electron chi connectivity index (χ1n) is 10.3. The number of fused-ring (bicyclic) bond motifs is 1. The average molecular weight is 379 g/mol. The zero-order valence-corrected chi connectivity index (χ0v) is 16.0. The maximum Gasteiger partial charge on any atom is 0.288 e. The molecule has 0 amide bonds. The van der Waals surface area contributed by atoms with Gasteiger partial charge in [0.15, 0.2) is 0 Å². The largest absolute Gasteiger partial charge is 0.460 e. The topological polar surface area (TPSA) is 36.9 Å². The maximum absolute atomic E-state index is 13.5. The highest BCUT2D eigenvalue weighted by atomic mass is 19.1. The molecule has 146 valence electrons. The van der Waals surface area contributed by atoms with Crippen molar-refractivity contribution in [2.75, 3.05) is 26.2 Å². The quantitative estimate of drug-likeness (QED) is 0.867. The molecular weight excluding hydrogens is 353 g/mol. The second kappa shape index (κ2) is 7.55. The normalized spacial score (nSPS) is 27.1. The lowest BCUT2D eigenvalue weighted by atomic mass is 9.88. The van der Waals surface area contributed by atoms with Crippen LogP contribution >= 0.6 is 0 Å². The molecule has 5 rings (SSSR count). The van der Waals surface area contributed by atoms with Gasteiger partial charge in [0.1, 0.15) is 11.9 Å². The Bertz CT molecular complexity index is 860. The van der Waals surface area contributed by atoms with Crippen molar-refractivity contribution in [1.82, 2.24) is 10.2 Å². The second-order valence-electron chi connectivity index (χ2n) is 7.98. The van der Waals surface area contributed by atoms with Crippen molar-refractivity contribution >= 4 is 6.02 Å². The molecule has 0 aliphatic carbocycles. The number of rotatable bonds is 2. The molecule has 3 atom stereocenters. The number of nitrogens with zero attached hydrogens (tertiary/aromatic N) is 2. The first-order chi connectivity index (χ1) is 13.8. The van der Waals surface area contributed by atoms with E-state index in [2.05, 4.69) is 34.5 Å². The minimum atomic E-state index is -0.210. The Labute approximate surface area is 165 Å². The second-order valence-corrected chi connectivity index (χ2v) is 7.98. The maximum atomic E-state index is 13.5. The lowest BCUT2D eigenvalue weighted by Crippen LogP contribution is -2.43. The van der Waals surface area contributed by atoms with Crippen molar-refractivity contribution in [2.24, 2.45) is 10.9 Å². The number of amidine groups is 1. The van der Waals surface area contributed by atoms with E-state index >= 15 is 0 Å². The zero-order chi connectivity index (χ0) is 18.9. The summed E-state index contributed by atoms with van der Waals surface area (Å²) in [6.45, 7) is 3.70. The Hall–Kier alpha value is -2.40. The number of benzene rings is 2. The van der Waals surface area contributed by atoms with Gasteiger partial charge in [-0.3, -0.25) is 0 Å². The summed E-state index contributed by atoms with van der Waals surface area (Å²) in [6, 6.07) is 16.1. The molecular formula is C23H26FN3O. The van der Waals surface area contributed by atoms with Crippen LogP contribution in [-0.2, 0) is 11.2 Å². The van der Waals surface area contributed by atoms with Crippen LogP contribution in [0.4, 0.5) is 4.39 Å². The molecule has 0 bridgehead atoms. The van der Waals surface area contributed by atoms with Gasteiger partial charge in [0, 0.05) is 19.0 Å². The lowest BCUT2D eigenvalue weighted by Gasteiger charge is -2.39. The molecule has 28 heavy (non-hydrogen) atoms. The minimum absolute atomic E-state index is 0.00697. The minimum Gasteiger partial charge on any atom is -0.460 e. The van der Waals surface area contributed by atoms with E-state index in [-0.39, 0.29) is 18.0 Å². The van der Waals surface area contributed by atoms with Gasteiger partial charge < -0.3 is 15.0 Å². The summed E-state index contributed by atoms with van der Waals surface area (Å²) in [7, 11) is 0. The smallest absolute Gasteiger partial charge is 0.288 e. The van der Waals surface area contributed by atoms with Crippen molar-refractivity contribution in [2.45, 2.75) is 31.4 Å². The van der Waals surface area contributed by atoms with Crippen molar-refractivity contribution in [3.05, 3.63) is 71.0 Å². The Kier molecular flexibility index (Phi) is 4.77. The first-order valence-corrected chi connectivity index (χ1v) is 10.3. The molecule has 0 radical (unpaired) electrons. The van der Waals surface area contributed by atoms with Gasteiger partial charge in [-0.2, -0.15) is 0 Å². The van der Waals surface area contributed by atoms with E-state index in [1.54, 1.807) is 12.1 Å². The van der Waals surface area contributed by atoms with Gasteiger partial charge in [0.2, 0.25) is 0 Å². The van der Waals surface area contributed by atoms with Crippen LogP contribution in [0.5, 0.6) is 0 Å². The van der Waals surface area contributed by atoms with E-state index in [1.165, 1.54) is 24.0 Å². The molecule has 1 N–H and O–H groups in total. The fourth-order valence-corrected chi connectivity index (χ4v) is 4.76. The third-order valence-electron chi connectivity index (χ3n) is 6.24.